The van der Waals surface area contributed by atoms with E-state index in [9.17, 15) is 0 Å². The molecule has 0 amide bonds. The van der Waals surface area contributed by atoms with Gasteiger partial charge in [0, 0.05) is 158 Å². The molecule has 0 atom stereocenters. The van der Waals surface area contributed by atoms with Gasteiger partial charge in [0.05, 0.1) is 83.7 Å². The van der Waals surface area contributed by atoms with Crippen molar-refractivity contribution in [3.63, 3.8) is 0 Å². The topological polar surface area (TPSA) is 110 Å². The molecule has 0 bridgehead atoms. The highest BCUT2D eigenvalue weighted by atomic mass is 32.1. The van der Waals surface area contributed by atoms with Crippen LogP contribution in [0.2, 0.25) is 0 Å². The second kappa shape index (κ2) is 32.8. The molecule has 0 radical (unpaired) electrons. The molecule has 0 fully saturated rings. The summed E-state index contributed by atoms with van der Waals surface area (Å²) < 4.78 is 18.6. The second-order valence-electron chi connectivity index (χ2n) is 40.6. The molecule has 0 unspecified atom stereocenters. The molecule has 0 aliphatic heterocycles. The Bertz CT molecular complexity index is 9940. The molecule has 0 saturated carbocycles. The molecule has 0 spiro atoms. The fourth-order valence-electron chi connectivity index (χ4n) is 24.4. The molecule has 694 valence electrons. The Labute approximate surface area is 851 Å². The SMILES string of the molecule is CC1(C)c2ccccc2-c2c(-c3ccccc3)nc(-c3ccc(-n4c5ccccc5c5ccc6c(c7ccccc7n6-c6ccccc6)c54)cc3)nc21.CC1(C)c2ccccc2-c2c(-c3ccccc3)nc(-c3ccc(-n4c5ccccc5c5ccc6oc7ccccc7c6c54)cc3)nc21.CC1(C)c2ccccc2-c2c(-c3ccccc3)nc(-c3ccc(-n4c5ccccc5c5ccc6sc7ccccc7c6c54)cc3)nc21. The third-order valence-corrected chi connectivity index (χ3v) is 32.4. The summed E-state index contributed by atoms with van der Waals surface area (Å²) in [5.74, 6) is 2.23. The maximum atomic E-state index is 6.32. The van der Waals surface area contributed by atoms with Crippen molar-refractivity contribution in [2.75, 3.05) is 0 Å². The fraction of sp³-hybridized carbons (Fsp3) is 0.0667. The van der Waals surface area contributed by atoms with Crippen molar-refractivity contribution >= 4 is 141 Å². The number of fused-ring (bicyclic) bond motifs is 30. The molecule has 147 heavy (non-hydrogen) atoms. The standard InChI is InChI=1S/C49H34N4.C43H29N3O.C43H29N3S/c1-49(2)39-22-12-9-20-37(39)44-45(31-15-5-3-6-16-31)50-48(51-47(44)49)32-25-27-34(28-26-32)53-40-23-13-10-19-35(40)36-29-30-42-43(46(36)53)38-21-11-14-24-41(38)52(42)33-17-7-4-8-18-33;2*1-43(2)33-17-9-6-15-31(33)38-39(26-12-4-3-5-13-26)44-42(45-41(38)43)27-20-22-28(23-21-27)46-34-18-10-7-14-29(34)30-24-25-36-37(40(30)46)32-16-8-11-19-35(32)47-36/h3-30H,1-2H3;2*3-25H,1-2H3. The van der Waals surface area contributed by atoms with Gasteiger partial charge in [0.1, 0.15) is 11.2 Å². The van der Waals surface area contributed by atoms with Crippen LogP contribution in [0.4, 0.5) is 0 Å². The number of thiophene rings is 1. The van der Waals surface area contributed by atoms with Crippen LogP contribution in [0.1, 0.15) is 75.3 Å². The summed E-state index contributed by atoms with van der Waals surface area (Å²) in [7, 11) is 0. The van der Waals surface area contributed by atoms with E-state index in [1.165, 1.54) is 130 Å². The predicted octanol–water partition coefficient (Wildman–Crippen LogP) is 35.0. The van der Waals surface area contributed by atoms with Crippen molar-refractivity contribution in [3.8, 4) is 124 Å². The van der Waals surface area contributed by atoms with E-state index in [2.05, 4.69) is 497 Å². The van der Waals surface area contributed by atoms with E-state index < -0.39 is 0 Å². The third-order valence-electron chi connectivity index (χ3n) is 31.2. The summed E-state index contributed by atoms with van der Waals surface area (Å²) in [6.45, 7) is 13.7. The van der Waals surface area contributed by atoms with Crippen LogP contribution in [-0.2, 0) is 16.2 Å². The average molecular weight is 1900 g/mol. The van der Waals surface area contributed by atoms with E-state index in [4.69, 9.17) is 34.3 Å². The molecular weight excluding hydrogens is 1810 g/mol. The quantitative estimate of drug-likeness (QED) is 0.134. The van der Waals surface area contributed by atoms with Crippen LogP contribution in [0.15, 0.2) is 453 Å². The number of hydrogen-bond acceptors (Lipinski definition) is 8. The molecule has 0 saturated heterocycles. The van der Waals surface area contributed by atoms with Gasteiger partial charge in [-0.1, -0.05) is 345 Å². The highest BCUT2D eigenvalue weighted by Gasteiger charge is 2.44. The van der Waals surface area contributed by atoms with Crippen LogP contribution in [-0.4, -0.2) is 48.2 Å². The maximum Gasteiger partial charge on any atom is 0.160 e. The smallest absolute Gasteiger partial charge is 0.160 e. The Kier molecular flexibility index (Phi) is 19.1. The lowest BCUT2D eigenvalue weighted by atomic mass is 9.85. The molecule has 3 aliphatic carbocycles. The lowest BCUT2D eigenvalue weighted by Gasteiger charge is -2.21. The summed E-state index contributed by atoms with van der Waals surface area (Å²) in [6.07, 6.45) is 0. The first kappa shape index (κ1) is 85.4. The van der Waals surface area contributed by atoms with Crippen LogP contribution >= 0.6 is 11.3 Å². The largest absolute Gasteiger partial charge is 0.456 e. The molecule has 0 N–H and O–H groups in total. The Morgan fingerprint density at radius 2 is 0.524 bits per heavy atom. The Morgan fingerprint density at radius 3 is 0.952 bits per heavy atom. The van der Waals surface area contributed by atoms with Crippen molar-refractivity contribution < 1.29 is 4.42 Å². The monoisotopic (exact) mass is 1900 g/mol. The molecule has 9 heterocycles. The minimum atomic E-state index is -0.250. The molecule has 3 aliphatic rings. The zero-order chi connectivity index (χ0) is 97.8. The third kappa shape index (κ3) is 13.0. The van der Waals surface area contributed by atoms with Crippen LogP contribution in [0, 0.1) is 0 Å². The van der Waals surface area contributed by atoms with E-state index in [-0.39, 0.29) is 16.2 Å². The van der Waals surface area contributed by atoms with E-state index in [0.717, 1.165) is 157 Å². The van der Waals surface area contributed by atoms with Crippen LogP contribution in [0.25, 0.3) is 253 Å². The normalized spacial score (nSPS) is 13.4. The van der Waals surface area contributed by atoms with Crippen molar-refractivity contribution in [2.45, 2.75) is 57.8 Å². The molecule has 31 rings (SSSR count). The van der Waals surface area contributed by atoms with Gasteiger partial charge in [-0.2, -0.15) is 0 Å². The van der Waals surface area contributed by atoms with Gasteiger partial charge in [-0.05, 0) is 179 Å². The Hall–Kier alpha value is -18.4. The summed E-state index contributed by atoms with van der Waals surface area (Å²) in [5.41, 5.74) is 38.5. The second-order valence-corrected chi connectivity index (χ2v) is 41.7. The average Bonchev–Trinajstić information content (AvgIpc) is 1.56. The Balaban J connectivity index is 0.000000104. The lowest BCUT2D eigenvalue weighted by Crippen LogP contribution is -2.17. The van der Waals surface area contributed by atoms with Crippen molar-refractivity contribution in [1.82, 2.24) is 48.2 Å². The van der Waals surface area contributed by atoms with Gasteiger partial charge in [0.25, 0.3) is 0 Å². The number of nitrogens with zero attached hydrogens (tertiary/aromatic N) is 10. The van der Waals surface area contributed by atoms with E-state index >= 15 is 0 Å². The predicted molar refractivity (Wildman–Crippen MR) is 609 cm³/mol. The number of aromatic nitrogens is 10. The van der Waals surface area contributed by atoms with Crippen LogP contribution in [0.5, 0.6) is 0 Å². The van der Waals surface area contributed by atoms with Crippen LogP contribution in [0.3, 0.4) is 0 Å². The zero-order valence-electron chi connectivity index (χ0n) is 81.5. The van der Waals surface area contributed by atoms with Crippen LogP contribution < -0.4 is 0 Å². The minimum absolute atomic E-state index is 0.231. The molecule has 11 nitrogen and oxygen atoms in total. The highest BCUT2D eigenvalue weighted by molar-refractivity contribution is 7.26. The fourth-order valence-corrected chi connectivity index (χ4v) is 25.5. The number of rotatable bonds is 10. The summed E-state index contributed by atoms with van der Waals surface area (Å²) in [4.78, 5) is 31.9. The maximum absolute atomic E-state index is 6.32. The first-order valence-electron chi connectivity index (χ1n) is 50.5. The van der Waals surface area contributed by atoms with Gasteiger partial charge < -0.3 is 22.7 Å². The van der Waals surface area contributed by atoms with Crippen molar-refractivity contribution in [2.24, 2.45) is 0 Å². The van der Waals surface area contributed by atoms with Crippen molar-refractivity contribution in [3.05, 3.63) is 483 Å². The summed E-state index contributed by atoms with van der Waals surface area (Å²) in [6, 6.07) is 160. The lowest BCUT2D eigenvalue weighted by molar-refractivity contribution is 0.636. The van der Waals surface area contributed by atoms with Gasteiger partial charge in [0.15, 0.2) is 17.5 Å². The van der Waals surface area contributed by atoms with Gasteiger partial charge in [-0.3, -0.25) is 0 Å². The number of benzene rings is 19. The van der Waals surface area contributed by atoms with Crippen molar-refractivity contribution in [1.29, 1.82) is 0 Å². The molecular formula is C135H92N10OS. The first-order chi connectivity index (χ1) is 72.2. The minimum Gasteiger partial charge on any atom is -0.456 e. The summed E-state index contributed by atoms with van der Waals surface area (Å²) in [5, 5.41) is 14.8. The molecule has 19 aromatic carbocycles. The van der Waals surface area contributed by atoms with Gasteiger partial charge in [-0.25, -0.2) is 29.9 Å². The van der Waals surface area contributed by atoms with Gasteiger partial charge in [-0.15, -0.1) is 11.3 Å². The van der Waals surface area contributed by atoms with Gasteiger partial charge in [0.2, 0.25) is 0 Å². The molecule has 9 aromatic heterocycles. The van der Waals surface area contributed by atoms with E-state index in [1.807, 2.05) is 23.5 Å². The molecule has 28 aromatic rings. The number of hydrogen-bond donors (Lipinski definition) is 0. The first-order valence-corrected chi connectivity index (χ1v) is 51.3. The zero-order valence-corrected chi connectivity index (χ0v) is 82.3. The van der Waals surface area contributed by atoms with E-state index in [1.54, 1.807) is 0 Å². The molecule has 12 heteroatoms. The van der Waals surface area contributed by atoms with E-state index in [0.29, 0.717) is 0 Å². The number of furan rings is 1. The Morgan fingerprint density at radius 1 is 0.204 bits per heavy atom. The highest BCUT2D eigenvalue weighted by Crippen LogP contribution is 2.57. The van der Waals surface area contributed by atoms with Gasteiger partial charge >= 0.3 is 0 Å². The number of para-hydroxylation sites is 6. The summed E-state index contributed by atoms with van der Waals surface area (Å²) >= 11 is 1.86.